The van der Waals surface area contributed by atoms with Gasteiger partial charge in [0.05, 0.1) is 20.8 Å². The number of nitrogens with zero attached hydrogens (tertiary/aromatic N) is 1. The Morgan fingerprint density at radius 3 is 2.52 bits per heavy atom. The minimum absolute atomic E-state index is 0.0359. The number of aromatic amines is 1. The zero-order valence-electron chi connectivity index (χ0n) is 12.9. The molecule has 3 N–H and O–H groups in total. The molecule has 1 aromatic heterocycles. The van der Waals surface area contributed by atoms with E-state index in [9.17, 15) is 18.0 Å². The van der Waals surface area contributed by atoms with Crippen LogP contribution in [0.2, 0.25) is 0 Å². The van der Waals surface area contributed by atoms with Crippen molar-refractivity contribution < 1.29 is 18.4 Å². The minimum atomic E-state index is -3.85. The second-order valence-corrected chi connectivity index (χ2v) is 8.12. The van der Waals surface area contributed by atoms with Crippen LogP contribution in [0.3, 0.4) is 0 Å². The van der Waals surface area contributed by atoms with Crippen molar-refractivity contribution >= 4 is 43.2 Å². The van der Waals surface area contributed by atoms with Crippen LogP contribution in [0, 0.1) is 0 Å². The van der Waals surface area contributed by atoms with Gasteiger partial charge in [0, 0.05) is 12.6 Å². The number of carbonyl (C=O) groups excluding carboxylic acids is 1. The highest BCUT2D eigenvalue weighted by Crippen LogP contribution is 2.25. The second kappa shape index (κ2) is 6.31. The van der Waals surface area contributed by atoms with Crippen LogP contribution in [-0.2, 0) is 10.0 Å². The number of fused-ring (bicyclic) bond motifs is 1. The Morgan fingerprint density at radius 1 is 1.20 bits per heavy atom. The summed E-state index contributed by atoms with van der Waals surface area (Å²) in [6.07, 6.45) is 0. The van der Waals surface area contributed by atoms with E-state index in [1.807, 2.05) is 0 Å². The maximum Gasteiger partial charge on any atom is 0.305 e. The molecule has 0 aliphatic heterocycles. The molecule has 0 saturated heterocycles. The number of amides is 1. The summed E-state index contributed by atoms with van der Waals surface area (Å²) in [5.74, 6) is -0.691. The first-order chi connectivity index (χ1) is 11.8. The van der Waals surface area contributed by atoms with E-state index in [0.717, 1.165) is 15.6 Å². The number of rotatable bonds is 4. The fourth-order valence-electron chi connectivity index (χ4n) is 2.28. The Kier molecular flexibility index (Phi) is 4.33. The van der Waals surface area contributed by atoms with Crippen molar-refractivity contribution in [3.05, 3.63) is 57.7 Å². The summed E-state index contributed by atoms with van der Waals surface area (Å²) in [5.41, 5.74) is 2.49. The molecule has 1 amide bonds. The van der Waals surface area contributed by atoms with Crippen molar-refractivity contribution in [1.82, 2.24) is 10.5 Å². The molecule has 0 fully saturated rings. The largest absolute Gasteiger partial charge is 0.312 e. The number of H-pyrrole nitrogens is 1. The number of aromatic nitrogens is 1. The molecule has 0 aliphatic carbocycles. The van der Waals surface area contributed by atoms with Gasteiger partial charge in [0.25, 0.3) is 15.9 Å². The third-order valence-corrected chi connectivity index (χ3v) is 6.29. The van der Waals surface area contributed by atoms with Crippen LogP contribution < -0.4 is 14.7 Å². The molecule has 1 heterocycles. The Labute approximate surface area is 146 Å². The number of hydrogen-bond acceptors (Lipinski definition) is 6. The van der Waals surface area contributed by atoms with E-state index in [1.165, 1.54) is 48.9 Å². The lowest BCUT2D eigenvalue weighted by molar-refractivity contribution is 0.0706. The van der Waals surface area contributed by atoms with Crippen LogP contribution in [0.15, 0.2) is 52.2 Å². The molecule has 3 aromatic rings. The lowest BCUT2D eigenvalue weighted by atomic mass is 10.2. The van der Waals surface area contributed by atoms with Crippen molar-refractivity contribution in [3.8, 4) is 0 Å². The number of nitrogens with one attached hydrogen (secondary N) is 2. The SMILES string of the molecule is CN(c1ccc(C(=O)NO)cc1)S(=O)(=O)c1ccc2sc(=O)[nH]c2c1. The summed E-state index contributed by atoms with van der Waals surface area (Å²) >= 11 is 1.00. The van der Waals surface area contributed by atoms with Crippen molar-refractivity contribution in [1.29, 1.82) is 0 Å². The quantitative estimate of drug-likeness (QED) is 0.469. The van der Waals surface area contributed by atoms with E-state index < -0.39 is 15.9 Å². The first-order valence-corrected chi connectivity index (χ1v) is 9.25. The van der Waals surface area contributed by atoms with Gasteiger partial charge in [-0.2, -0.15) is 0 Å². The molecule has 0 radical (unpaired) electrons. The maximum absolute atomic E-state index is 12.8. The summed E-state index contributed by atoms with van der Waals surface area (Å²) in [5, 5.41) is 8.60. The monoisotopic (exact) mass is 379 g/mol. The third-order valence-electron chi connectivity index (χ3n) is 3.64. The van der Waals surface area contributed by atoms with Crippen LogP contribution in [0.4, 0.5) is 5.69 Å². The van der Waals surface area contributed by atoms with Crippen molar-refractivity contribution in [2.24, 2.45) is 0 Å². The Balaban J connectivity index is 1.97. The Hall–Kier alpha value is -2.69. The number of benzene rings is 2. The van der Waals surface area contributed by atoms with Crippen molar-refractivity contribution in [3.63, 3.8) is 0 Å². The highest BCUT2D eigenvalue weighted by atomic mass is 32.2. The zero-order chi connectivity index (χ0) is 18.2. The third kappa shape index (κ3) is 3.14. The molecule has 0 spiro atoms. The van der Waals surface area contributed by atoms with Crippen molar-refractivity contribution in [2.75, 3.05) is 11.4 Å². The first kappa shape index (κ1) is 17.1. The van der Waals surface area contributed by atoms with E-state index in [1.54, 1.807) is 6.07 Å². The number of thiazole rings is 1. The number of sulfonamides is 1. The fraction of sp³-hybridized carbons (Fsp3) is 0.0667. The van der Waals surface area contributed by atoms with Crippen LogP contribution in [0.25, 0.3) is 10.2 Å². The highest BCUT2D eigenvalue weighted by molar-refractivity contribution is 7.92. The van der Waals surface area contributed by atoms with E-state index in [2.05, 4.69) is 4.98 Å². The van der Waals surface area contributed by atoms with Gasteiger partial charge in [-0.05, 0) is 42.5 Å². The van der Waals surface area contributed by atoms with E-state index in [-0.39, 0.29) is 15.3 Å². The van der Waals surface area contributed by atoms with E-state index in [4.69, 9.17) is 5.21 Å². The first-order valence-electron chi connectivity index (χ1n) is 6.99. The van der Waals surface area contributed by atoms with Gasteiger partial charge in [-0.1, -0.05) is 11.3 Å². The predicted molar refractivity (Wildman–Crippen MR) is 93.7 cm³/mol. The molecule has 0 aliphatic rings. The second-order valence-electron chi connectivity index (χ2n) is 5.13. The summed E-state index contributed by atoms with van der Waals surface area (Å²) in [6.45, 7) is 0. The van der Waals surface area contributed by atoms with Crippen LogP contribution in [0.5, 0.6) is 0 Å². The smallest absolute Gasteiger partial charge is 0.305 e. The average molecular weight is 379 g/mol. The number of hydrogen-bond donors (Lipinski definition) is 3. The lowest BCUT2D eigenvalue weighted by Crippen LogP contribution is -2.26. The van der Waals surface area contributed by atoms with E-state index >= 15 is 0 Å². The minimum Gasteiger partial charge on any atom is -0.312 e. The Bertz CT molecular complexity index is 1100. The topological polar surface area (TPSA) is 120 Å². The molecule has 25 heavy (non-hydrogen) atoms. The van der Waals surface area contributed by atoms with Gasteiger partial charge in [0.15, 0.2) is 0 Å². The number of anilines is 1. The summed E-state index contributed by atoms with van der Waals surface area (Å²) in [6, 6.07) is 10.1. The van der Waals surface area contributed by atoms with Gasteiger partial charge >= 0.3 is 4.87 Å². The molecule has 3 rings (SSSR count). The normalized spacial score (nSPS) is 11.4. The molecule has 0 bridgehead atoms. The maximum atomic E-state index is 12.8. The van der Waals surface area contributed by atoms with Gasteiger partial charge in [-0.25, -0.2) is 13.9 Å². The van der Waals surface area contributed by atoms with Crippen LogP contribution >= 0.6 is 11.3 Å². The standard InChI is InChI=1S/C15H13N3O5S2/c1-18(10-4-2-9(3-5-10)14(19)17-21)25(22,23)11-6-7-13-12(8-11)16-15(20)24-13/h2-8,21H,1H3,(H,16,20)(H,17,19). The lowest BCUT2D eigenvalue weighted by Gasteiger charge is -2.19. The summed E-state index contributed by atoms with van der Waals surface area (Å²) in [4.78, 5) is 25.1. The molecular formula is C15H13N3O5S2. The van der Waals surface area contributed by atoms with Gasteiger partial charge in [0.2, 0.25) is 0 Å². The summed E-state index contributed by atoms with van der Waals surface area (Å²) in [7, 11) is -2.46. The Morgan fingerprint density at radius 2 is 1.88 bits per heavy atom. The highest BCUT2D eigenvalue weighted by Gasteiger charge is 2.22. The molecule has 2 aromatic carbocycles. The predicted octanol–water partition coefficient (Wildman–Crippen LogP) is 1.53. The molecule has 8 nitrogen and oxygen atoms in total. The summed E-state index contributed by atoms with van der Waals surface area (Å²) < 4.78 is 27.3. The van der Waals surface area contributed by atoms with Crippen LogP contribution in [0.1, 0.15) is 10.4 Å². The molecule has 130 valence electrons. The number of carbonyl (C=O) groups is 1. The molecule has 0 atom stereocenters. The van der Waals surface area contributed by atoms with Gasteiger partial charge < -0.3 is 4.98 Å². The average Bonchev–Trinajstić information content (AvgIpc) is 2.99. The molecule has 10 heteroatoms. The van der Waals surface area contributed by atoms with Gasteiger partial charge in [0.1, 0.15) is 0 Å². The van der Waals surface area contributed by atoms with Gasteiger partial charge in [-0.3, -0.25) is 19.1 Å². The number of hydroxylamine groups is 1. The molecule has 0 saturated carbocycles. The zero-order valence-corrected chi connectivity index (χ0v) is 14.5. The van der Waals surface area contributed by atoms with Crippen molar-refractivity contribution in [2.45, 2.75) is 4.90 Å². The molecule has 0 unspecified atom stereocenters. The van der Waals surface area contributed by atoms with E-state index in [0.29, 0.717) is 15.9 Å². The van der Waals surface area contributed by atoms with Crippen LogP contribution in [-0.4, -0.2) is 31.6 Å². The van der Waals surface area contributed by atoms with Gasteiger partial charge in [-0.15, -0.1) is 0 Å². The fourth-order valence-corrected chi connectivity index (χ4v) is 4.21. The molecular weight excluding hydrogens is 366 g/mol.